The van der Waals surface area contributed by atoms with E-state index in [1.54, 1.807) is 18.2 Å². The average Bonchev–Trinajstić information content (AvgIpc) is 2.54. The van der Waals surface area contributed by atoms with Crippen LogP contribution in [0.1, 0.15) is 17.3 Å². The lowest BCUT2D eigenvalue weighted by Crippen LogP contribution is -2.15. The van der Waals surface area contributed by atoms with Crippen LogP contribution >= 0.6 is 0 Å². The molecule has 0 atom stereocenters. The Labute approximate surface area is 141 Å². The number of ether oxygens (including phenoxy) is 1. The van der Waals surface area contributed by atoms with E-state index < -0.39 is 0 Å². The molecule has 0 heterocycles. The Bertz CT molecular complexity index is 740. The van der Waals surface area contributed by atoms with Crippen LogP contribution in [0.3, 0.4) is 0 Å². The first-order valence-electron chi connectivity index (χ1n) is 7.45. The molecular weight excluding hydrogens is 306 g/mol. The van der Waals surface area contributed by atoms with Gasteiger partial charge < -0.3 is 20.3 Å². The molecule has 6 heteroatoms. The van der Waals surface area contributed by atoms with E-state index in [-0.39, 0.29) is 11.8 Å². The minimum atomic E-state index is -0.309. The molecule has 2 amide bonds. The highest BCUT2D eigenvalue weighted by Crippen LogP contribution is 2.24. The first-order chi connectivity index (χ1) is 11.4. The van der Waals surface area contributed by atoms with Gasteiger partial charge in [0.2, 0.25) is 5.91 Å². The van der Waals surface area contributed by atoms with E-state index in [0.717, 1.165) is 5.69 Å². The summed E-state index contributed by atoms with van der Waals surface area (Å²) >= 11 is 0. The molecule has 0 bridgehead atoms. The van der Waals surface area contributed by atoms with Gasteiger partial charge in [-0.25, -0.2) is 0 Å². The summed E-state index contributed by atoms with van der Waals surface area (Å²) < 4.78 is 5.23. The van der Waals surface area contributed by atoms with Crippen molar-refractivity contribution in [2.75, 3.05) is 36.7 Å². The molecule has 2 aromatic rings. The van der Waals surface area contributed by atoms with Gasteiger partial charge in [-0.1, -0.05) is 0 Å². The molecule has 0 unspecified atom stereocenters. The van der Waals surface area contributed by atoms with Crippen molar-refractivity contribution in [3.05, 3.63) is 48.0 Å². The number of hydrogen-bond acceptors (Lipinski definition) is 4. The zero-order chi connectivity index (χ0) is 17.7. The molecular formula is C18H21N3O3. The van der Waals surface area contributed by atoms with Crippen LogP contribution in [0.5, 0.6) is 5.75 Å². The largest absolute Gasteiger partial charge is 0.496 e. The Kier molecular flexibility index (Phi) is 5.42. The topological polar surface area (TPSA) is 70.7 Å². The Balaban J connectivity index is 2.22. The smallest absolute Gasteiger partial charge is 0.259 e. The van der Waals surface area contributed by atoms with Crippen molar-refractivity contribution in [2.45, 2.75) is 6.92 Å². The first kappa shape index (κ1) is 17.3. The summed E-state index contributed by atoms with van der Waals surface area (Å²) in [7, 11) is 5.40. The summed E-state index contributed by atoms with van der Waals surface area (Å²) in [6, 6.07) is 12.4. The molecule has 2 aromatic carbocycles. The van der Waals surface area contributed by atoms with Crippen molar-refractivity contribution in [2.24, 2.45) is 0 Å². The standard InChI is InChI=1S/C18H21N3O3/c1-12(22)19-14-7-10-17(24-4)16(11-14)18(23)20-13-5-8-15(9-6-13)21(2)3/h5-11H,1-4H3,(H,19,22)(H,20,23). The summed E-state index contributed by atoms with van der Waals surface area (Å²) in [5.74, 6) is -0.0750. The van der Waals surface area contributed by atoms with Crippen molar-refractivity contribution < 1.29 is 14.3 Å². The molecule has 0 spiro atoms. The maximum atomic E-state index is 12.5. The average molecular weight is 327 g/mol. The lowest BCUT2D eigenvalue weighted by atomic mass is 10.1. The monoisotopic (exact) mass is 327 g/mol. The number of benzene rings is 2. The van der Waals surface area contributed by atoms with Crippen LogP contribution in [0.4, 0.5) is 17.1 Å². The van der Waals surface area contributed by atoms with Gasteiger partial charge in [-0.15, -0.1) is 0 Å². The number of carbonyl (C=O) groups is 2. The fraction of sp³-hybridized carbons (Fsp3) is 0.222. The van der Waals surface area contributed by atoms with Gasteiger partial charge in [-0.05, 0) is 42.5 Å². The fourth-order valence-electron chi connectivity index (χ4n) is 2.21. The van der Waals surface area contributed by atoms with E-state index >= 15 is 0 Å². The molecule has 0 radical (unpaired) electrons. The molecule has 2 N–H and O–H groups in total. The van der Waals surface area contributed by atoms with E-state index in [9.17, 15) is 9.59 Å². The van der Waals surface area contributed by atoms with Crippen LogP contribution in [0.15, 0.2) is 42.5 Å². The normalized spacial score (nSPS) is 10.0. The van der Waals surface area contributed by atoms with Crippen molar-refractivity contribution in [1.82, 2.24) is 0 Å². The maximum Gasteiger partial charge on any atom is 0.259 e. The quantitative estimate of drug-likeness (QED) is 0.886. The van der Waals surface area contributed by atoms with Crippen molar-refractivity contribution in [1.29, 1.82) is 0 Å². The molecule has 0 aromatic heterocycles. The highest BCUT2D eigenvalue weighted by atomic mass is 16.5. The summed E-state index contributed by atoms with van der Waals surface area (Å²) in [4.78, 5) is 25.7. The third-order valence-corrected chi connectivity index (χ3v) is 3.41. The van der Waals surface area contributed by atoms with E-state index in [0.29, 0.717) is 22.7 Å². The van der Waals surface area contributed by atoms with Gasteiger partial charge in [0, 0.05) is 38.1 Å². The Morgan fingerprint density at radius 1 is 0.958 bits per heavy atom. The molecule has 2 rings (SSSR count). The molecule has 0 aliphatic heterocycles. The van der Waals surface area contributed by atoms with Crippen LogP contribution < -0.4 is 20.3 Å². The number of nitrogens with one attached hydrogen (secondary N) is 2. The number of carbonyl (C=O) groups excluding carboxylic acids is 2. The first-order valence-corrected chi connectivity index (χ1v) is 7.45. The molecule has 0 saturated carbocycles. The SMILES string of the molecule is COc1ccc(NC(C)=O)cc1C(=O)Nc1ccc(N(C)C)cc1. The van der Waals surface area contributed by atoms with Crippen molar-refractivity contribution >= 4 is 28.9 Å². The number of rotatable bonds is 5. The fourth-order valence-corrected chi connectivity index (χ4v) is 2.21. The zero-order valence-electron chi connectivity index (χ0n) is 14.2. The Morgan fingerprint density at radius 2 is 1.58 bits per heavy atom. The molecule has 0 saturated heterocycles. The number of anilines is 3. The zero-order valence-corrected chi connectivity index (χ0v) is 14.2. The number of nitrogens with zero attached hydrogens (tertiary/aromatic N) is 1. The highest BCUT2D eigenvalue weighted by molar-refractivity contribution is 6.07. The summed E-state index contributed by atoms with van der Waals surface area (Å²) in [5.41, 5.74) is 2.60. The number of methoxy groups -OCH3 is 1. The molecule has 24 heavy (non-hydrogen) atoms. The Hall–Kier alpha value is -3.02. The lowest BCUT2D eigenvalue weighted by Gasteiger charge is -2.14. The number of hydrogen-bond donors (Lipinski definition) is 2. The van der Waals surface area contributed by atoms with Crippen LogP contribution in [0.2, 0.25) is 0 Å². The Morgan fingerprint density at radius 3 is 2.12 bits per heavy atom. The summed E-state index contributed by atoms with van der Waals surface area (Å²) in [6.45, 7) is 1.41. The predicted molar refractivity (Wildman–Crippen MR) is 96.0 cm³/mol. The van der Waals surface area contributed by atoms with E-state index in [2.05, 4.69) is 10.6 Å². The van der Waals surface area contributed by atoms with Gasteiger partial charge in [0.05, 0.1) is 12.7 Å². The number of amides is 2. The van der Waals surface area contributed by atoms with Crippen molar-refractivity contribution in [3.8, 4) is 5.75 Å². The van der Waals surface area contributed by atoms with Gasteiger partial charge in [0.15, 0.2) is 0 Å². The van der Waals surface area contributed by atoms with Gasteiger partial charge in [0.1, 0.15) is 5.75 Å². The van der Waals surface area contributed by atoms with Gasteiger partial charge in [-0.3, -0.25) is 9.59 Å². The third-order valence-electron chi connectivity index (χ3n) is 3.41. The van der Waals surface area contributed by atoms with E-state index in [4.69, 9.17) is 4.74 Å². The summed E-state index contributed by atoms with van der Waals surface area (Å²) in [6.07, 6.45) is 0. The van der Waals surface area contributed by atoms with Crippen LogP contribution in [0, 0.1) is 0 Å². The van der Waals surface area contributed by atoms with Gasteiger partial charge >= 0.3 is 0 Å². The molecule has 0 fully saturated rings. The van der Waals surface area contributed by atoms with E-state index in [1.165, 1.54) is 14.0 Å². The minimum absolute atomic E-state index is 0.203. The summed E-state index contributed by atoms with van der Waals surface area (Å²) in [5, 5.41) is 5.48. The second-order valence-corrected chi connectivity index (χ2v) is 5.49. The second kappa shape index (κ2) is 7.50. The van der Waals surface area contributed by atoms with Gasteiger partial charge in [-0.2, -0.15) is 0 Å². The van der Waals surface area contributed by atoms with E-state index in [1.807, 2.05) is 43.3 Å². The molecule has 126 valence electrons. The molecule has 0 aliphatic carbocycles. The lowest BCUT2D eigenvalue weighted by molar-refractivity contribution is -0.114. The molecule has 0 aliphatic rings. The second-order valence-electron chi connectivity index (χ2n) is 5.49. The van der Waals surface area contributed by atoms with Gasteiger partial charge in [0.25, 0.3) is 5.91 Å². The highest BCUT2D eigenvalue weighted by Gasteiger charge is 2.14. The van der Waals surface area contributed by atoms with Crippen LogP contribution in [0.25, 0.3) is 0 Å². The van der Waals surface area contributed by atoms with Crippen LogP contribution in [-0.2, 0) is 4.79 Å². The van der Waals surface area contributed by atoms with Crippen LogP contribution in [-0.4, -0.2) is 33.0 Å². The minimum Gasteiger partial charge on any atom is -0.496 e. The maximum absolute atomic E-state index is 12.5. The van der Waals surface area contributed by atoms with Crippen molar-refractivity contribution in [3.63, 3.8) is 0 Å². The predicted octanol–water partition coefficient (Wildman–Crippen LogP) is 2.97. The third kappa shape index (κ3) is 4.25. The molecule has 6 nitrogen and oxygen atoms in total.